The molecular formula is C15H16BFO. The van der Waals surface area contributed by atoms with Crippen LogP contribution in [0.1, 0.15) is 18.4 Å². The van der Waals surface area contributed by atoms with Gasteiger partial charge >= 0.3 is 0 Å². The average molecular weight is 242 g/mol. The van der Waals surface area contributed by atoms with Gasteiger partial charge in [0.25, 0.3) is 0 Å². The molecule has 0 aliphatic carbocycles. The monoisotopic (exact) mass is 242 g/mol. The van der Waals surface area contributed by atoms with Crippen LogP contribution in [0.15, 0.2) is 48.5 Å². The number of ether oxygens (including phenoxy) is 1. The molecule has 0 unspecified atom stereocenters. The summed E-state index contributed by atoms with van der Waals surface area (Å²) < 4.78 is 19.0. The molecule has 0 bridgehead atoms. The second-order valence-corrected chi connectivity index (χ2v) is 4.53. The molecule has 2 aromatic carbocycles. The molecule has 0 N–H and O–H groups in total. The van der Waals surface area contributed by atoms with E-state index in [0.717, 1.165) is 0 Å². The minimum atomic E-state index is -0.222. The minimum Gasteiger partial charge on any atom is -0.493 e. The van der Waals surface area contributed by atoms with Crippen molar-refractivity contribution in [3.8, 4) is 5.75 Å². The van der Waals surface area contributed by atoms with Gasteiger partial charge < -0.3 is 4.74 Å². The zero-order chi connectivity index (χ0) is 13.0. The molecule has 0 aliphatic heterocycles. The lowest BCUT2D eigenvalue weighted by Gasteiger charge is -2.13. The van der Waals surface area contributed by atoms with E-state index >= 15 is 0 Å². The first kappa shape index (κ1) is 12.7. The summed E-state index contributed by atoms with van der Waals surface area (Å²) in [4.78, 5) is 0. The molecule has 0 radical (unpaired) electrons. The standard InChI is InChI=1S/C15H16BFO/c1-11(12-5-3-2-4-6-12)10-18-13-7-8-14(16)15(17)9-13/h2-9,11H,10,16H2,1H3/t11-/m0/s1. The lowest BCUT2D eigenvalue weighted by molar-refractivity contribution is 0.294. The van der Waals surface area contributed by atoms with Crippen LogP contribution in [0.4, 0.5) is 4.39 Å². The van der Waals surface area contributed by atoms with Gasteiger partial charge in [0.05, 0.1) is 6.61 Å². The third kappa shape index (κ3) is 3.13. The highest BCUT2D eigenvalue weighted by atomic mass is 19.1. The molecule has 2 rings (SSSR count). The van der Waals surface area contributed by atoms with Crippen LogP contribution in [0.5, 0.6) is 5.75 Å². The SMILES string of the molecule is Bc1ccc(OC[C@H](C)c2ccccc2)cc1F. The molecule has 1 nitrogen and oxygen atoms in total. The molecule has 0 saturated heterocycles. The second-order valence-electron chi connectivity index (χ2n) is 4.53. The molecule has 0 fully saturated rings. The summed E-state index contributed by atoms with van der Waals surface area (Å²) >= 11 is 0. The average Bonchev–Trinajstić information content (AvgIpc) is 2.41. The van der Waals surface area contributed by atoms with Crippen molar-refractivity contribution in [2.75, 3.05) is 6.61 Å². The summed E-state index contributed by atoms with van der Waals surface area (Å²) in [7, 11) is 1.74. The molecule has 18 heavy (non-hydrogen) atoms. The van der Waals surface area contributed by atoms with Gasteiger partial charge in [-0.2, -0.15) is 0 Å². The third-order valence-corrected chi connectivity index (χ3v) is 3.01. The van der Waals surface area contributed by atoms with Crippen molar-refractivity contribution in [1.82, 2.24) is 0 Å². The Morgan fingerprint density at radius 3 is 2.56 bits per heavy atom. The van der Waals surface area contributed by atoms with Crippen molar-refractivity contribution in [3.05, 3.63) is 59.9 Å². The van der Waals surface area contributed by atoms with Crippen LogP contribution in [0, 0.1) is 5.82 Å². The van der Waals surface area contributed by atoms with Crippen LogP contribution in [0.25, 0.3) is 0 Å². The van der Waals surface area contributed by atoms with E-state index in [1.165, 1.54) is 11.6 Å². The van der Waals surface area contributed by atoms with Crippen molar-refractivity contribution in [3.63, 3.8) is 0 Å². The van der Waals surface area contributed by atoms with Gasteiger partial charge in [-0.3, -0.25) is 0 Å². The minimum absolute atomic E-state index is 0.222. The maximum absolute atomic E-state index is 13.3. The van der Waals surface area contributed by atoms with Gasteiger partial charge in [-0.1, -0.05) is 48.8 Å². The highest BCUT2D eigenvalue weighted by Gasteiger charge is 2.06. The van der Waals surface area contributed by atoms with Crippen LogP contribution >= 0.6 is 0 Å². The predicted octanol–water partition coefficient (Wildman–Crippen LogP) is 2.27. The number of hydrogen-bond acceptors (Lipinski definition) is 1. The molecule has 0 heterocycles. The quantitative estimate of drug-likeness (QED) is 0.747. The number of hydrogen-bond donors (Lipinski definition) is 0. The number of rotatable bonds is 4. The summed E-state index contributed by atoms with van der Waals surface area (Å²) in [5, 5.41) is 0. The first-order valence-corrected chi connectivity index (χ1v) is 6.10. The van der Waals surface area contributed by atoms with Gasteiger partial charge in [0.15, 0.2) is 0 Å². The zero-order valence-corrected chi connectivity index (χ0v) is 10.7. The van der Waals surface area contributed by atoms with Gasteiger partial charge in [-0.05, 0) is 11.6 Å². The van der Waals surface area contributed by atoms with E-state index in [0.29, 0.717) is 17.8 Å². The topological polar surface area (TPSA) is 9.23 Å². The van der Waals surface area contributed by atoms with Crippen molar-refractivity contribution in [2.24, 2.45) is 0 Å². The Morgan fingerprint density at radius 2 is 1.89 bits per heavy atom. The van der Waals surface area contributed by atoms with E-state index < -0.39 is 0 Å². The Hall–Kier alpha value is -1.77. The van der Waals surface area contributed by atoms with Crippen LogP contribution in [0.3, 0.4) is 0 Å². The fraction of sp³-hybridized carbons (Fsp3) is 0.200. The smallest absolute Gasteiger partial charge is 0.143 e. The van der Waals surface area contributed by atoms with E-state index in [2.05, 4.69) is 19.1 Å². The van der Waals surface area contributed by atoms with Crippen LogP contribution in [-0.2, 0) is 0 Å². The fourth-order valence-corrected chi connectivity index (χ4v) is 1.76. The van der Waals surface area contributed by atoms with Gasteiger partial charge in [0.1, 0.15) is 19.4 Å². The Bertz CT molecular complexity index is 513. The van der Waals surface area contributed by atoms with Crippen molar-refractivity contribution >= 4 is 13.3 Å². The molecule has 1 atom stereocenters. The Kier molecular flexibility index (Phi) is 4.03. The van der Waals surface area contributed by atoms with Crippen molar-refractivity contribution in [2.45, 2.75) is 12.8 Å². The second kappa shape index (κ2) is 5.72. The van der Waals surface area contributed by atoms with E-state index in [-0.39, 0.29) is 11.7 Å². The first-order chi connectivity index (χ1) is 8.66. The van der Waals surface area contributed by atoms with Crippen LogP contribution in [0.2, 0.25) is 0 Å². The molecule has 2 aromatic rings. The van der Waals surface area contributed by atoms with E-state index in [4.69, 9.17) is 4.74 Å². The maximum Gasteiger partial charge on any atom is 0.143 e. The molecule has 0 saturated carbocycles. The van der Waals surface area contributed by atoms with Crippen molar-refractivity contribution < 1.29 is 9.13 Å². The highest BCUT2D eigenvalue weighted by molar-refractivity contribution is 6.32. The summed E-state index contributed by atoms with van der Waals surface area (Å²) in [6.07, 6.45) is 0. The largest absolute Gasteiger partial charge is 0.493 e. The number of benzene rings is 2. The fourth-order valence-electron chi connectivity index (χ4n) is 1.76. The van der Waals surface area contributed by atoms with Crippen LogP contribution < -0.4 is 10.2 Å². The summed E-state index contributed by atoms with van der Waals surface area (Å²) in [6, 6.07) is 15.1. The lowest BCUT2D eigenvalue weighted by atomic mass is 9.96. The molecule has 3 heteroatoms. The molecule has 0 aliphatic rings. The lowest BCUT2D eigenvalue weighted by Crippen LogP contribution is -2.10. The van der Waals surface area contributed by atoms with E-state index in [1.54, 1.807) is 20.0 Å². The molecule has 0 spiro atoms. The summed E-state index contributed by atoms with van der Waals surface area (Å²) in [6.45, 7) is 2.65. The Morgan fingerprint density at radius 1 is 1.17 bits per heavy atom. The Labute approximate surface area is 108 Å². The first-order valence-electron chi connectivity index (χ1n) is 6.10. The molecular weight excluding hydrogens is 226 g/mol. The van der Waals surface area contributed by atoms with Crippen LogP contribution in [-0.4, -0.2) is 14.5 Å². The molecule has 0 aromatic heterocycles. The van der Waals surface area contributed by atoms with Gasteiger partial charge in [-0.15, -0.1) is 0 Å². The van der Waals surface area contributed by atoms with E-state index in [1.807, 2.05) is 18.2 Å². The predicted molar refractivity (Wildman–Crippen MR) is 74.9 cm³/mol. The van der Waals surface area contributed by atoms with E-state index in [9.17, 15) is 4.39 Å². The Balaban J connectivity index is 1.97. The normalized spacial score (nSPS) is 12.1. The highest BCUT2D eigenvalue weighted by Crippen LogP contribution is 2.17. The van der Waals surface area contributed by atoms with Gasteiger partial charge in [0, 0.05) is 12.0 Å². The van der Waals surface area contributed by atoms with Crippen molar-refractivity contribution in [1.29, 1.82) is 0 Å². The molecule has 0 amide bonds. The summed E-state index contributed by atoms with van der Waals surface area (Å²) in [5.74, 6) is 0.649. The maximum atomic E-state index is 13.3. The zero-order valence-electron chi connectivity index (χ0n) is 10.7. The third-order valence-electron chi connectivity index (χ3n) is 3.01. The summed E-state index contributed by atoms with van der Waals surface area (Å²) in [5.41, 5.74) is 1.86. The van der Waals surface area contributed by atoms with Gasteiger partial charge in [-0.25, -0.2) is 4.39 Å². The molecule has 92 valence electrons. The number of halogens is 1. The van der Waals surface area contributed by atoms with Gasteiger partial charge in [0.2, 0.25) is 0 Å².